The van der Waals surface area contributed by atoms with E-state index in [1.165, 1.54) is 0 Å². The van der Waals surface area contributed by atoms with Crippen molar-refractivity contribution in [2.45, 2.75) is 18.9 Å². The zero-order valence-corrected chi connectivity index (χ0v) is 8.67. The fourth-order valence-electron chi connectivity index (χ4n) is 1.33. The van der Waals surface area contributed by atoms with Crippen LogP contribution >= 0.6 is 11.6 Å². The number of aliphatic hydroxyl groups excluding tert-OH is 1. The summed E-state index contributed by atoms with van der Waals surface area (Å²) in [4.78, 5) is 0. The van der Waals surface area contributed by atoms with Gasteiger partial charge < -0.3 is 16.6 Å². The highest BCUT2D eigenvalue weighted by Crippen LogP contribution is 2.25. The summed E-state index contributed by atoms with van der Waals surface area (Å²) in [5.41, 5.74) is 13.2. The van der Waals surface area contributed by atoms with Crippen LogP contribution in [0.2, 0.25) is 5.02 Å². The lowest BCUT2D eigenvalue weighted by molar-refractivity contribution is 0.280. The van der Waals surface area contributed by atoms with Gasteiger partial charge in [-0.3, -0.25) is 0 Å². The van der Waals surface area contributed by atoms with Crippen LogP contribution in [0, 0.1) is 0 Å². The Kier molecular flexibility index (Phi) is 4.20. The molecule has 1 atom stereocenters. The molecule has 1 aromatic carbocycles. The van der Waals surface area contributed by atoms with Crippen molar-refractivity contribution in [2.24, 2.45) is 5.73 Å². The normalized spacial score (nSPS) is 12.8. The van der Waals surface area contributed by atoms with Crippen LogP contribution in [-0.4, -0.2) is 11.7 Å². The molecular weight excluding hydrogens is 200 g/mol. The van der Waals surface area contributed by atoms with Gasteiger partial charge in [0.2, 0.25) is 0 Å². The molecule has 0 saturated heterocycles. The Morgan fingerprint density at radius 1 is 1.43 bits per heavy atom. The van der Waals surface area contributed by atoms with Crippen molar-refractivity contribution in [3.8, 4) is 0 Å². The average Bonchev–Trinajstić information content (AvgIpc) is 2.18. The lowest BCUT2D eigenvalue weighted by Crippen LogP contribution is -2.12. The third kappa shape index (κ3) is 2.87. The van der Waals surface area contributed by atoms with Gasteiger partial charge in [0, 0.05) is 23.4 Å². The molecule has 0 radical (unpaired) electrons. The standard InChI is InChI=1S/C10H15ClN2O/c11-7-3-4-10(13)8(6-7)9(12)2-1-5-14/h3-4,6,9,14H,1-2,5,12-13H2/t9-/m0/s1. The molecule has 78 valence electrons. The van der Waals surface area contributed by atoms with E-state index in [9.17, 15) is 0 Å². The molecule has 14 heavy (non-hydrogen) atoms. The van der Waals surface area contributed by atoms with Gasteiger partial charge >= 0.3 is 0 Å². The SMILES string of the molecule is Nc1ccc(Cl)cc1[C@@H](N)CCCO. The Labute approximate surface area is 88.7 Å². The van der Waals surface area contributed by atoms with Crippen molar-refractivity contribution in [3.63, 3.8) is 0 Å². The molecule has 1 aromatic rings. The fourth-order valence-corrected chi connectivity index (χ4v) is 1.51. The number of aliphatic hydroxyl groups is 1. The van der Waals surface area contributed by atoms with E-state index in [2.05, 4.69) is 0 Å². The maximum Gasteiger partial charge on any atom is 0.0431 e. The first kappa shape index (κ1) is 11.3. The van der Waals surface area contributed by atoms with E-state index in [0.717, 1.165) is 5.56 Å². The molecule has 0 aliphatic carbocycles. The Bertz CT molecular complexity index is 304. The summed E-state index contributed by atoms with van der Waals surface area (Å²) >= 11 is 5.83. The number of benzene rings is 1. The molecule has 5 N–H and O–H groups in total. The van der Waals surface area contributed by atoms with Crippen LogP contribution in [0.4, 0.5) is 5.69 Å². The molecule has 0 bridgehead atoms. The van der Waals surface area contributed by atoms with Gasteiger partial charge in [-0.15, -0.1) is 0 Å². The van der Waals surface area contributed by atoms with E-state index in [1.54, 1.807) is 18.2 Å². The highest BCUT2D eigenvalue weighted by atomic mass is 35.5. The molecule has 0 aliphatic heterocycles. The summed E-state index contributed by atoms with van der Waals surface area (Å²) in [6.45, 7) is 0.147. The van der Waals surface area contributed by atoms with E-state index in [-0.39, 0.29) is 12.6 Å². The second-order valence-corrected chi connectivity index (χ2v) is 3.68. The minimum absolute atomic E-state index is 0.147. The number of anilines is 1. The van der Waals surface area contributed by atoms with E-state index in [4.69, 9.17) is 28.2 Å². The monoisotopic (exact) mass is 214 g/mol. The summed E-state index contributed by atoms with van der Waals surface area (Å²) in [5.74, 6) is 0. The first-order valence-corrected chi connectivity index (χ1v) is 4.94. The van der Waals surface area contributed by atoms with Gasteiger partial charge in [-0.1, -0.05) is 11.6 Å². The summed E-state index contributed by atoms with van der Waals surface area (Å²) in [6, 6.07) is 5.11. The quantitative estimate of drug-likeness (QED) is 0.668. The molecule has 0 unspecified atom stereocenters. The first-order chi connectivity index (χ1) is 6.65. The van der Waals surface area contributed by atoms with Crippen molar-refractivity contribution in [1.29, 1.82) is 0 Å². The third-order valence-electron chi connectivity index (χ3n) is 2.12. The van der Waals surface area contributed by atoms with Gasteiger partial charge in [0.25, 0.3) is 0 Å². The van der Waals surface area contributed by atoms with E-state index in [1.807, 2.05) is 0 Å². The molecule has 0 aromatic heterocycles. The zero-order chi connectivity index (χ0) is 10.6. The molecule has 3 nitrogen and oxygen atoms in total. The van der Waals surface area contributed by atoms with E-state index < -0.39 is 0 Å². The predicted molar refractivity (Wildman–Crippen MR) is 59.1 cm³/mol. The van der Waals surface area contributed by atoms with Crippen LogP contribution in [0.3, 0.4) is 0 Å². The smallest absolute Gasteiger partial charge is 0.0431 e. The van der Waals surface area contributed by atoms with E-state index >= 15 is 0 Å². The molecule has 0 aliphatic rings. The molecular formula is C10H15ClN2O. The first-order valence-electron chi connectivity index (χ1n) is 4.56. The van der Waals surface area contributed by atoms with Gasteiger partial charge in [-0.25, -0.2) is 0 Å². The Balaban J connectivity index is 2.77. The fraction of sp³-hybridized carbons (Fsp3) is 0.400. The maximum atomic E-state index is 8.67. The van der Waals surface area contributed by atoms with Crippen molar-refractivity contribution >= 4 is 17.3 Å². The number of hydrogen-bond donors (Lipinski definition) is 3. The summed E-state index contributed by atoms with van der Waals surface area (Å²) < 4.78 is 0. The molecule has 0 heterocycles. The highest BCUT2D eigenvalue weighted by molar-refractivity contribution is 6.30. The second kappa shape index (κ2) is 5.20. The molecule has 0 spiro atoms. The maximum absolute atomic E-state index is 8.67. The van der Waals surface area contributed by atoms with Gasteiger partial charge in [0.05, 0.1) is 0 Å². The lowest BCUT2D eigenvalue weighted by atomic mass is 10.0. The molecule has 1 rings (SSSR count). The Morgan fingerprint density at radius 3 is 2.79 bits per heavy atom. The van der Waals surface area contributed by atoms with Gasteiger partial charge in [-0.05, 0) is 36.6 Å². The predicted octanol–water partition coefficient (Wildman–Crippen LogP) is 1.69. The molecule has 0 amide bonds. The number of halogens is 1. The number of nitrogen functional groups attached to an aromatic ring is 1. The summed E-state index contributed by atoms with van der Waals surface area (Å²) in [7, 11) is 0. The number of rotatable bonds is 4. The second-order valence-electron chi connectivity index (χ2n) is 3.25. The van der Waals surface area contributed by atoms with Crippen molar-refractivity contribution < 1.29 is 5.11 Å². The van der Waals surface area contributed by atoms with Gasteiger partial charge in [-0.2, -0.15) is 0 Å². The van der Waals surface area contributed by atoms with Crippen LogP contribution in [0.15, 0.2) is 18.2 Å². The van der Waals surface area contributed by atoms with Crippen LogP contribution in [0.25, 0.3) is 0 Å². The van der Waals surface area contributed by atoms with Crippen molar-refractivity contribution in [3.05, 3.63) is 28.8 Å². The van der Waals surface area contributed by atoms with Crippen LogP contribution < -0.4 is 11.5 Å². The molecule has 4 heteroatoms. The van der Waals surface area contributed by atoms with Crippen molar-refractivity contribution in [1.82, 2.24) is 0 Å². The van der Waals surface area contributed by atoms with Crippen LogP contribution in [0.1, 0.15) is 24.4 Å². The largest absolute Gasteiger partial charge is 0.398 e. The minimum Gasteiger partial charge on any atom is -0.398 e. The summed E-state index contributed by atoms with van der Waals surface area (Å²) in [6.07, 6.45) is 1.38. The molecule has 0 fully saturated rings. The Hall–Kier alpha value is -0.770. The zero-order valence-electron chi connectivity index (χ0n) is 7.91. The number of nitrogens with two attached hydrogens (primary N) is 2. The summed E-state index contributed by atoms with van der Waals surface area (Å²) in [5, 5.41) is 9.31. The highest BCUT2D eigenvalue weighted by Gasteiger charge is 2.09. The number of hydrogen-bond acceptors (Lipinski definition) is 3. The van der Waals surface area contributed by atoms with Gasteiger partial charge in [0.15, 0.2) is 0 Å². The lowest BCUT2D eigenvalue weighted by Gasteiger charge is -2.13. The Morgan fingerprint density at radius 2 is 2.14 bits per heavy atom. The van der Waals surface area contributed by atoms with Crippen molar-refractivity contribution in [2.75, 3.05) is 12.3 Å². The minimum atomic E-state index is -0.152. The van der Waals surface area contributed by atoms with Gasteiger partial charge in [0.1, 0.15) is 0 Å². The van der Waals surface area contributed by atoms with E-state index in [0.29, 0.717) is 23.6 Å². The third-order valence-corrected chi connectivity index (χ3v) is 2.36. The van der Waals surface area contributed by atoms with Crippen LogP contribution in [0.5, 0.6) is 0 Å². The molecule has 0 saturated carbocycles. The van der Waals surface area contributed by atoms with Crippen LogP contribution in [-0.2, 0) is 0 Å². The topological polar surface area (TPSA) is 72.3 Å². The average molecular weight is 215 g/mol.